The topological polar surface area (TPSA) is 61.2 Å². The zero-order valence-corrected chi connectivity index (χ0v) is 13.0. The Morgan fingerprint density at radius 2 is 2.00 bits per heavy atom. The van der Waals surface area contributed by atoms with Crippen LogP contribution in [-0.2, 0) is 6.54 Å². The van der Waals surface area contributed by atoms with Gasteiger partial charge in [0.2, 0.25) is 0 Å². The second-order valence-electron chi connectivity index (χ2n) is 4.66. The van der Waals surface area contributed by atoms with E-state index in [1.165, 1.54) is 0 Å². The first kappa shape index (κ1) is 15.3. The lowest BCUT2D eigenvalue weighted by molar-refractivity contribution is 0.389. The van der Waals surface area contributed by atoms with E-state index in [4.69, 9.17) is 9.47 Å². The van der Waals surface area contributed by atoms with E-state index in [2.05, 4.69) is 22.3 Å². The van der Waals surface area contributed by atoms with E-state index < -0.39 is 0 Å². The smallest absolute Gasteiger partial charge is 0.161 e. The van der Waals surface area contributed by atoms with E-state index in [0.717, 1.165) is 35.7 Å². The molecule has 0 fully saturated rings. The number of pyridine rings is 1. The Balaban J connectivity index is 2.52. The van der Waals surface area contributed by atoms with Crippen molar-refractivity contribution in [2.45, 2.75) is 25.9 Å². The largest absolute Gasteiger partial charge is 0.495 e. The summed E-state index contributed by atoms with van der Waals surface area (Å²) in [6.07, 6.45) is 6.23. The molecule has 2 aromatic heterocycles. The Bertz CT molecular complexity index is 583. The van der Waals surface area contributed by atoms with E-state index in [0.29, 0.717) is 0 Å². The molecule has 6 heteroatoms. The Labute approximate surface area is 125 Å². The van der Waals surface area contributed by atoms with Gasteiger partial charge in [-0.05, 0) is 19.5 Å². The quantitative estimate of drug-likeness (QED) is 0.845. The minimum atomic E-state index is -0.0769. The number of hydrogen-bond acceptors (Lipinski definition) is 5. The fourth-order valence-corrected chi connectivity index (χ4v) is 2.46. The lowest BCUT2D eigenvalue weighted by Crippen LogP contribution is -2.23. The second-order valence-corrected chi connectivity index (χ2v) is 4.66. The van der Waals surface area contributed by atoms with Gasteiger partial charge in [0.1, 0.15) is 11.4 Å². The highest BCUT2D eigenvalue weighted by Gasteiger charge is 2.24. The molecule has 2 aromatic rings. The number of hydrogen-bond donors (Lipinski definition) is 1. The highest BCUT2D eigenvalue weighted by Crippen LogP contribution is 2.34. The second kappa shape index (κ2) is 7.08. The van der Waals surface area contributed by atoms with Crippen LogP contribution in [0.5, 0.6) is 11.5 Å². The van der Waals surface area contributed by atoms with Crippen molar-refractivity contribution < 1.29 is 9.47 Å². The van der Waals surface area contributed by atoms with Crippen molar-refractivity contribution >= 4 is 0 Å². The number of nitrogens with zero attached hydrogens (tertiary/aromatic N) is 3. The van der Waals surface area contributed by atoms with Crippen molar-refractivity contribution in [3.8, 4) is 11.5 Å². The molecule has 0 saturated heterocycles. The molecule has 1 unspecified atom stereocenters. The maximum atomic E-state index is 5.47. The van der Waals surface area contributed by atoms with E-state index >= 15 is 0 Å². The lowest BCUT2D eigenvalue weighted by atomic mass is 10.0. The van der Waals surface area contributed by atoms with Gasteiger partial charge >= 0.3 is 0 Å². The molecule has 0 aliphatic carbocycles. The van der Waals surface area contributed by atoms with Gasteiger partial charge in [0.05, 0.1) is 32.7 Å². The number of aryl methyl sites for hydroxylation is 1. The van der Waals surface area contributed by atoms with Gasteiger partial charge in [0, 0.05) is 18.3 Å². The summed E-state index contributed by atoms with van der Waals surface area (Å²) < 4.78 is 12.9. The van der Waals surface area contributed by atoms with Gasteiger partial charge < -0.3 is 14.8 Å². The molecule has 0 aliphatic rings. The molecule has 1 atom stereocenters. The molecule has 0 aromatic carbocycles. The summed E-state index contributed by atoms with van der Waals surface area (Å²) in [6.45, 7) is 2.96. The average Bonchev–Trinajstić information content (AvgIpc) is 2.92. The van der Waals surface area contributed by atoms with Crippen LogP contribution in [0.2, 0.25) is 0 Å². The molecule has 0 saturated carbocycles. The molecule has 6 nitrogen and oxygen atoms in total. The van der Waals surface area contributed by atoms with Gasteiger partial charge in [-0.1, -0.05) is 6.92 Å². The Morgan fingerprint density at radius 3 is 2.62 bits per heavy atom. The number of nitrogens with one attached hydrogen (secondary N) is 1. The number of methoxy groups -OCH3 is 2. The first-order valence-electron chi connectivity index (χ1n) is 7.01. The first-order chi connectivity index (χ1) is 10.3. The van der Waals surface area contributed by atoms with E-state index in [9.17, 15) is 0 Å². The number of ether oxygens (including phenoxy) is 2. The third-order valence-corrected chi connectivity index (χ3v) is 3.41. The third-order valence-electron chi connectivity index (χ3n) is 3.41. The van der Waals surface area contributed by atoms with Crippen LogP contribution in [0, 0.1) is 0 Å². The van der Waals surface area contributed by atoms with Crippen LogP contribution in [0.15, 0.2) is 24.7 Å². The minimum Gasteiger partial charge on any atom is -0.495 e. The van der Waals surface area contributed by atoms with Crippen LogP contribution in [0.25, 0.3) is 0 Å². The zero-order chi connectivity index (χ0) is 15.2. The average molecular weight is 290 g/mol. The standard InChI is InChI=1S/C15H22N4O2/c1-5-8-19-15(13(21-4)10-18-19)14(16-2)11-6-7-17-9-12(11)20-3/h6-7,9-10,14,16H,5,8H2,1-4H3. The normalized spacial score (nSPS) is 12.2. The van der Waals surface area contributed by atoms with Gasteiger partial charge in [0.25, 0.3) is 0 Å². The summed E-state index contributed by atoms with van der Waals surface area (Å²) in [5.41, 5.74) is 2.00. The summed E-state index contributed by atoms with van der Waals surface area (Å²) >= 11 is 0. The lowest BCUT2D eigenvalue weighted by Gasteiger charge is -2.21. The van der Waals surface area contributed by atoms with Crippen molar-refractivity contribution in [1.29, 1.82) is 0 Å². The molecule has 0 amide bonds. The Morgan fingerprint density at radius 1 is 1.24 bits per heavy atom. The molecule has 0 aliphatic heterocycles. The van der Waals surface area contributed by atoms with Crippen molar-refractivity contribution in [3.05, 3.63) is 35.9 Å². The first-order valence-corrected chi connectivity index (χ1v) is 7.01. The van der Waals surface area contributed by atoms with Gasteiger partial charge in [0.15, 0.2) is 5.75 Å². The third kappa shape index (κ3) is 3.00. The van der Waals surface area contributed by atoms with Gasteiger partial charge in [-0.25, -0.2) is 0 Å². The summed E-state index contributed by atoms with van der Waals surface area (Å²) in [7, 11) is 5.22. The zero-order valence-electron chi connectivity index (χ0n) is 13.0. The number of rotatable bonds is 7. The maximum Gasteiger partial charge on any atom is 0.161 e. The van der Waals surface area contributed by atoms with Crippen LogP contribution in [0.1, 0.15) is 30.6 Å². The predicted molar refractivity (Wildman–Crippen MR) is 80.8 cm³/mol. The van der Waals surface area contributed by atoms with Crippen LogP contribution in [-0.4, -0.2) is 36.0 Å². The summed E-state index contributed by atoms with van der Waals surface area (Å²) in [4.78, 5) is 4.11. The monoisotopic (exact) mass is 290 g/mol. The molecule has 1 N–H and O–H groups in total. The minimum absolute atomic E-state index is 0.0769. The number of aromatic nitrogens is 3. The Kier molecular flexibility index (Phi) is 5.16. The fourth-order valence-electron chi connectivity index (χ4n) is 2.46. The highest BCUT2D eigenvalue weighted by atomic mass is 16.5. The van der Waals surface area contributed by atoms with E-state index in [1.54, 1.807) is 32.8 Å². The summed E-state index contributed by atoms with van der Waals surface area (Å²) in [5.74, 6) is 1.50. The van der Waals surface area contributed by atoms with Crippen molar-refractivity contribution in [3.63, 3.8) is 0 Å². The molecular formula is C15H22N4O2. The summed E-state index contributed by atoms with van der Waals surface area (Å²) in [5, 5.41) is 7.74. The van der Waals surface area contributed by atoms with E-state index in [-0.39, 0.29) is 6.04 Å². The van der Waals surface area contributed by atoms with Gasteiger partial charge in [-0.15, -0.1) is 0 Å². The molecule has 2 rings (SSSR count). The summed E-state index contributed by atoms with van der Waals surface area (Å²) in [6, 6.07) is 1.87. The molecule has 114 valence electrons. The maximum absolute atomic E-state index is 5.47. The van der Waals surface area contributed by atoms with E-state index in [1.807, 2.05) is 17.8 Å². The molecule has 2 heterocycles. The van der Waals surface area contributed by atoms with Crippen molar-refractivity contribution in [1.82, 2.24) is 20.1 Å². The van der Waals surface area contributed by atoms with Crippen LogP contribution in [0.4, 0.5) is 0 Å². The van der Waals surface area contributed by atoms with Gasteiger partial charge in [-0.3, -0.25) is 9.67 Å². The van der Waals surface area contributed by atoms with Crippen molar-refractivity contribution in [2.24, 2.45) is 0 Å². The molecule has 0 radical (unpaired) electrons. The van der Waals surface area contributed by atoms with Crippen LogP contribution >= 0.6 is 0 Å². The predicted octanol–water partition coefficient (Wildman–Crippen LogP) is 2.01. The molecule has 0 bridgehead atoms. The molecule has 0 spiro atoms. The van der Waals surface area contributed by atoms with Gasteiger partial charge in [-0.2, -0.15) is 5.10 Å². The molecule has 21 heavy (non-hydrogen) atoms. The van der Waals surface area contributed by atoms with Crippen molar-refractivity contribution in [2.75, 3.05) is 21.3 Å². The Hall–Kier alpha value is -2.08. The fraction of sp³-hybridized carbons (Fsp3) is 0.467. The van der Waals surface area contributed by atoms with Crippen LogP contribution in [0.3, 0.4) is 0 Å². The van der Waals surface area contributed by atoms with Crippen LogP contribution < -0.4 is 14.8 Å². The SMILES string of the molecule is CCCn1ncc(OC)c1C(NC)c1ccncc1OC. The highest BCUT2D eigenvalue weighted by molar-refractivity contribution is 5.42. The molecular weight excluding hydrogens is 268 g/mol.